The van der Waals surface area contributed by atoms with Gasteiger partial charge in [0.15, 0.2) is 0 Å². The molecule has 0 aliphatic carbocycles. The molecule has 0 heterocycles. The molecule has 0 aliphatic heterocycles. The number of aliphatic hydroxyl groups excluding tert-OH is 1. The topological polar surface area (TPSA) is 94.8 Å². The van der Waals surface area contributed by atoms with E-state index in [2.05, 4.69) is 0 Å². The highest BCUT2D eigenvalue weighted by atomic mass is 16.4. The first-order chi connectivity index (χ1) is 9.90. The van der Waals surface area contributed by atoms with Crippen molar-refractivity contribution >= 4 is 11.9 Å². The van der Waals surface area contributed by atoms with Crippen LogP contribution in [0, 0.1) is 5.92 Å². The molecule has 0 fully saturated rings. The summed E-state index contributed by atoms with van der Waals surface area (Å²) in [6, 6.07) is 0. The summed E-state index contributed by atoms with van der Waals surface area (Å²) in [7, 11) is 0. The fraction of sp³-hybridized carbons (Fsp3) is 0.875. The van der Waals surface area contributed by atoms with Crippen LogP contribution in [0.2, 0.25) is 0 Å². The molecule has 0 rings (SSSR count). The van der Waals surface area contributed by atoms with Crippen molar-refractivity contribution in [3.05, 3.63) is 0 Å². The third-order valence-electron chi connectivity index (χ3n) is 2.90. The van der Waals surface area contributed by atoms with Gasteiger partial charge in [-0.15, -0.1) is 0 Å². The summed E-state index contributed by atoms with van der Waals surface area (Å²) >= 11 is 0. The molecule has 0 saturated heterocycles. The van der Waals surface area contributed by atoms with E-state index in [1.165, 1.54) is 0 Å². The SMILES string of the molecule is CC(C)CO.O=C(O)CCCCCCCCCCC(=O)O. The second-order valence-electron chi connectivity index (χ2n) is 5.69. The maximum atomic E-state index is 10.2. The molecule has 0 saturated carbocycles. The van der Waals surface area contributed by atoms with E-state index in [1.54, 1.807) is 0 Å². The minimum absolute atomic E-state index is 0.276. The Morgan fingerprint density at radius 1 is 0.714 bits per heavy atom. The number of carboxylic acids is 2. The predicted molar refractivity (Wildman–Crippen MR) is 83.4 cm³/mol. The molecule has 0 radical (unpaired) electrons. The van der Waals surface area contributed by atoms with Gasteiger partial charge < -0.3 is 15.3 Å². The van der Waals surface area contributed by atoms with Gasteiger partial charge in [-0.25, -0.2) is 0 Å². The monoisotopic (exact) mass is 304 g/mol. The summed E-state index contributed by atoms with van der Waals surface area (Å²) in [6.07, 6.45) is 8.51. The van der Waals surface area contributed by atoms with Crippen LogP contribution >= 0.6 is 0 Å². The molecule has 5 nitrogen and oxygen atoms in total. The molecule has 0 bridgehead atoms. The molecule has 0 amide bonds. The Hall–Kier alpha value is -1.10. The number of carboxylic acid groups (broad SMARTS) is 2. The van der Waals surface area contributed by atoms with Crippen molar-refractivity contribution < 1.29 is 24.9 Å². The maximum absolute atomic E-state index is 10.2. The zero-order valence-electron chi connectivity index (χ0n) is 13.5. The maximum Gasteiger partial charge on any atom is 0.303 e. The quantitative estimate of drug-likeness (QED) is 0.478. The lowest BCUT2D eigenvalue weighted by molar-refractivity contribution is -0.138. The van der Waals surface area contributed by atoms with Crippen LogP contribution in [-0.2, 0) is 9.59 Å². The molecular formula is C16H32O5. The average Bonchev–Trinajstić information content (AvgIpc) is 2.40. The Labute approximate surface area is 128 Å². The smallest absolute Gasteiger partial charge is 0.303 e. The molecule has 21 heavy (non-hydrogen) atoms. The van der Waals surface area contributed by atoms with E-state index < -0.39 is 11.9 Å². The number of aliphatic hydroxyl groups is 1. The first-order valence-electron chi connectivity index (χ1n) is 7.94. The van der Waals surface area contributed by atoms with Crippen LogP contribution in [0.1, 0.15) is 78.1 Å². The molecule has 0 unspecified atom stereocenters. The van der Waals surface area contributed by atoms with Crippen molar-refractivity contribution in [2.24, 2.45) is 5.92 Å². The largest absolute Gasteiger partial charge is 0.481 e. The van der Waals surface area contributed by atoms with Gasteiger partial charge >= 0.3 is 11.9 Å². The number of hydrogen-bond donors (Lipinski definition) is 3. The van der Waals surface area contributed by atoms with E-state index in [4.69, 9.17) is 15.3 Å². The average molecular weight is 304 g/mol. The Morgan fingerprint density at radius 2 is 0.952 bits per heavy atom. The third kappa shape index (κ3) is 27.9. The fourth-order valence-corrected chi connectivity index (χ4v) is 1.61. The minimum Gasteiger partial charge on any atom is -0.481 e. The Kier molecular flexibility index (Phi) is 17.9. The van der Waals surface area contributed by atoms with Gasteiger partial charge in [-0.3, -0.25) is 9.59 Å². The van der Waals surface area contributed by atoms with Gasteiger partial charge in [0.05, 0.1) is 0 Å². The van der Waals surface area contributed by atoms with E-state index in [0.717, 1.165) is 51.4 Å². The standard InChI is InChI=1S/C12H22O4.C4H10O/c13-11(14)9-7-5-3-1-2-4-6-8-10-12(15)16;1-4(2)3-5/h1-10H2,(H,13,14)(H,15,16);4-5H,3H2,1-2H3. The molecule has 0 aromatic heterocycles. The van der Waals surface area contributed by atoms with Crippen LogP contribution in [0.3, 0.4) is 0 Å². The fourth-order valence-electron chi connectivity index (χ4n) is 1.61. The van der Waals surface area contributed by atoms with Gasteiger partial charge in [0.1, 0.15) is 0 Å². The van der Waals surface area contributed by atoms with E-state index >= 15 is 0 Å². The Morgan fingerprint density at radius 3 is 1.14 bits per heavy atom. The summed E-state index contributed by atoms with van der Waals surface area (Å²) in [6.45, 7) is 4.25. The molecular weight excluding hydrogens is 272 g/mol. The van der Waals surface area contributed by atoms with E-state index in [-0.39, 0.29) is 12.8 Å². The molecule has 0 aromatic rings. The second kappa shape index (κ2) is 17.0. The zero-order chi connectivity index (χ0) is 16.5. The van der Waals surface area contributed by atoms with Crippen LogP contribution in [0.5, 0.6) is 0 Å². The summed E-state index contributed by atoms with van der Waals surface area (Å²) in [5, 5.41) is 25.0. The number of unbranched alkanes of at least 4 members (excludes halogenated alkanes) is 7. The molecule has 0 aromatic carbocycles. The van der Waals surface area contributed by atoms with Crippen molar-refractivity contribution in [1.82, 2.24) is 0 Å². The highest BCUT2D eigenvalue weighted by molar-refractivity contribution is 5.66. The van der Waals surface area contributed by atoms with Crippen molar-refractivity contribution in [2.45, 2.75) is 78.1 Å². The van der Waals surface area contributed by atoms with Gasteiger partial charge in [-0.2, -0.15) is 0 Å². The number of aliphatic carboxylic acids is 2. The summed E-state index contributed by atoms with van der Waals surface area (Å²) in [4.78, 5) is 20.4. The van der Waals surface area contributed by atoms with Gasteiger partial charge in [-0.05, 0) is 18.8 Å². The number of carbonyl (C=O) groups is 2. The van der Waals surface area contributed by atoms with Crippen molar-refractivity contribution in [2.75, 3.05) is 6.61 Å². The normalized spacial score (nSPS) is 10.1. The predicted octanol–water partition coefficient (Wildman–Crippen LogP) is 3.69. The summed E-state index contributed by atoms with van der Waals surface area (Å²) < 4.78 is 0. The molecule has 0 atom stereocenters. The lowest BCUT2D eigenvalue weighted by Gasteiger charge is -2.00. The molecule has 5 heteroatoms. The van der Waals surface area contributed by atoms with E-state index in [9.17, 15) is 9.59 Å². The van der Waals surface area contributed by atoms with Gasteiger partial charge in [0.2, 0.25) is 0 Å². The van der Waals surface area contributed by atoms with Crippen molar-refractivity contribution in [3.63, 3.8) is 0 Å². The molecule has 126 valence electrons. The summed E-state index contributed by atoms with van der Waals surface area (Å²) in [5.74, 6) is -0.989. The first-order valence-corrected chi connectivity index (χ1v) is 7.94. The van der Waals surface area contributed by atoms with E-state index in [0.29, 0.717) is 12.5 Å². The van der Waals surface area contributed by atoms with Crippen LogP contribution in [0.25, 0.3) is 0 Å². The van der Waals surface area contributed by atoms with Gasteiger partial charge in [0, 0.05) is 19.4 Å². The van der Waals surface area contributed by atoms with E-state index in [1.807, 2.05) is 13.8 Å². The lowest BCUT2D eigenvalue weighted by atomic mass is 10.1. The highest BCUT2D eigenvalue weighted by Gasteiger charge is 1.98. The van der Waals surface area contributed by atoms with Gasteiger partial charge in [-0.1, -0.05) is 52.4 Å². The highest BCUT2D eigenvalue weighted by Crippen LogP contribution is 2.10. The molecule has 0 spiro atoms. The minimum atomic E-state index is -0.714. The Bertz CT molecular complexity index is 229. The van der Waals surface area contributed by atoms with Crippen LogP contribution in [0.4, 0.5) is 0 Å². The zero-order valence-corrected chi connectivity index (χ0v) is 13.5. The Balaban J connectivity index is 0. The third-order valence-corrected chi connectivity index (χ3v) is 2.90. The first kappa shape index (κ1) is 22.2. The number of hydrogen-bond acceptors (Lipinski definition) is 3. The summed E-state index contributed by atoms with van der Waals surface area (Å²) in [5.41, 5.74) is 0. The molecule has 3 N–H and O–H groups in total. The van der Waals surface area contributed by atoms with Gasteiger partial charge in [0.25, 0.3) is 0 Å². The van der Waals surface area contributed by atoms with Crippen molar-refractivity contribution in [1.29, 1.82) is 0 Å². The second-order valence-corrected chi connectivity index (χ2v) is 5.69. The van der Waals surface area contributed by atoms with Crippen molar-refractivity contribution in [3.8, 4) is 0 Å². The molecule has 0 aliphatic rings. The van der Waals surface area contributed by atoms with Crippen LogP contribution < -0.4 is 0 Å². The lowest BCUT2D eigenvalue weighted by Crippen LogP contribution is -1.94. The van der Waals surface area contributed by atoms with Crippen LogP contribution in [-0.4, -0.2) is 33.9 Å². The van der Waals surface area contributed by atoms with Crippen LogP contribution in [0.15, 0.2) is 0 Å². The number of rotatable bonds is 12.